The Bertz CT molecular complexity index is 451. The van der Waals surface area contributed by atoms with Gasteiger partial charge in [0.1, 0.15) is 5.82 Å². The zero-order valence-electron chi connectivity index (χ0n) is 12.5. The standard InChI is InChI=1S/C15H23FN2O.ClH/c1-10(2)14(17)7-8-18(4)15(19)12-5-6-13(16)11(3)9-12;/h5-6,9-10,14H,7-8,17H2,1-4H3;1H. The Morgan fingerprint density at radius 3 is 2.50 bits per heavy atom. The summed E-state index contributed by atoms with van der Waals surface area (Å²) >= 11 is 0. The van der Waals surface area contributed by atoms with Crippen LogP contribution in [0.2, 0.25) is 0 Å². The average Bonchev–Trinajstić information content (AvgIpc) is 2.37. The molecule has 0 aliphatic rings. The fourth-order valence-electron chi connectivity index (χ4n) is 1.78. The summed E-state index contributed by atoms with van der Waals surface area (Å²) in [7, 11) is 1.74. The van der Waals surface area contributed by atoms with Gasteiger partial charge in [-0.15, -0.1) is 12.4 Å². The summed E-state index contributed by atoms with van der Waals surface area (Å²) in [6, 6.07) is 4.52. The van der Waals surface area contributed by atoms with Crippen molar-refractivity contribution in [2.45, 2.75) is 33.2 Å². The topological polar surface area (TPSA) is 46.3 Å². The van der Waals surface area contributed by atoms with Crippen molar-refractivity contribution in [3.8, 4) is 0 Å². The Balaban J connectivity index is 0.00000361. The molecule has 0 radical (unpaired) electrons. The van der Waals surface area contributed by atoms with Crippen molar-refractivity contribution in [3.05, 3.63) is 35.1 Å². The molecule has 1 rings (SSSR count). The number of carbonyl (C=O) groups is 1. The third-order valence-corrected chi connectivity index (χ3v) is 3.41. The van der Waals surface area contributed by atoms with E-state index < -0.39 is 0 Å². The van der Waals surface area contributed by atoms with E-state index in [1.54, 1.807) is 24.9 Å². The number of rotatable bonds is 5. The van der Waals surface area contributed by atoms with Gasteiger partial charge in [0.15, 0.2) is 0 Å². The normalized spacial score (nSPS) is 11.9. The van der Waals surface area contributed by atoms with Crippen molar-refractivity contribution < 1.29 is 9.18 Å². The quantitative estimate of drug-likeness (QED) is 0.909. The second-order valence-electron chi connectivity index (χ2n) is 5.39. The van der Waals surface area contributed by atoms with Crippen LogP contribution in [-0.2, 0) is 0 Å². The van der Waals surface area contributed by atoms with Gasteiger partial charge in [0.05, 0.1) is 0 Å². The fourth-order valence-corrected chi connectivity index (χ4v) is 1.78. The van der Waals surface area contributed by atoms with Gasteiger partial charge in [-0.2, -0.15) is 0 Å². The number of nitrogens with zero attached hydrogens (tertiary/aromatic N) is 1. The highest BCUT2D eigenvalue weighted by Gasteiger charge is 2.15. The summed E-state index contributed by atoms with van der Waals surface area (Å²) in [5.74, 6) is 0.0108. The van der Waals surface area contributed by atoms with E-state index in [0.717, 1.165) is 6.42 Å². The SMILES string of the molecule is Cc1cc(C(=O)N(C)CCC(N)C(C)C)ccc1F.Cl. The van der Waals surface area contributed by atoms with Crippen LogP contribution < -0.4 is 5.73 Å². The van der Waals surface area contributed by atoms with E-state index >= 15 is 0 Å². The number of benzene rings is 1. The van der Waals surface area contributed by atoms with Crippen LogP contribution in [0.25, 0.3) is 0 Å². The maximum absolute atomic E-state index is 13.2. The van der Waals surface area contributed by atoms with Gasteiger partial charge >= 0.3 is 0 Å². The summed E-state index contributed by atoms with van der Waals surface area (Å²) in [5, 5.41) is 0. The molecule has 5 heteroatoms. The summed E-state index contributed by atoms with van der Waals surface area (Å²) in [6.45, 7) is 6.39. The molecule has 0 aliphatic heterocycles. The lowest BCUT2D eigenvalue weighted by Crippen LogP contribution is -2.34. The van der Waals surface area contributed by atoms with Crippen LogP contribution in [-0.4, -0.2) is 30.4 Å². The predicted molar refractivity (Wildman–Crippen MR) is 82.8 cm³/mol. The van der Waals surface area contributed by atoms with E-state index in [0.29, 0.717) is 23.6 Å². The van der Waals surface area contributed by atoms with Crippen LogP contribution in [0.3, 0.4) is 0 Å². The third kappa shape index (κ3) is 5.10. The number of halogens is 2. The lowest BCUT2D eigenvalue weighted by molar-refractivity contribution is 0.0789. The highest BCUT2D eigenvalue weighted by molar-refractivity contribution is 5.94. The van der Waals surface area contributed by atoms with Gasteiger partial charge in [-0.25, -0.2) is 4.39 Å². The van der Waals surface area contributed by atoms with Crippen LogP contribution in [0.15, 0.2) is 18.2 Å². The maximum atomic E-state index is 13.2. The molecular formula is C15H24ClFN2O. The van der Waals surface area contributed by atoms with E-state index in [1.807, 2.05) is 0 Å². The van der Waals surface area contributed by atoms with Crippen molar-refractivity contribution in [2.75, 3.05) is 13.6 Å². The summed E-state index contributed by atoms with van der Waals surface area (Å²) in [6.07, 6.45) is 0.764. The van der Waals surface area contributed by atoms with Gasteiger partial charge in [0.25, 0.3) is 5.91 Å². The first-order chi connectivity index (χ1) is 8.82. The Kier molecular flexibility index (Phi) is 7.76. The lowest BCUT2D eigenvalue weighted by Gasteiger charge is -2.21. The Morgan fingerprint density at radius 1 is 1.40 bits per heavy atom. The molecule has 0 saturated carbocycles. The highest BCUT2D eigenvalue weighted by atomic mass is 35.5. The molecule has 0 aromatic heterocycles. The third-order valence-electron chi connectivity index (χ3n) is 3.41. The monoisotopic (exact) mass is 302 g/mol. The molecule has 2 N–H and O–H groups in total. The van der Waals surface area contributed by atoms with E-state index in [2.05, 4.69) is 13.8 Å². The van der Waals surface area contributed by atoms with Gasteiger partial charge in [-0.3, -0.25) is 4.79 Å². The van der Waals surface area contributed by atoms with Crippen LogP contribution in [0.1, 0.15) is 36.2 Å². The lowest BCUT2D eigenvalue weighted by atomic mass is 10.0. The minimum Gasteiger partial charge on any atom is -0.342 e. The second-order valence-corrected chi connectivity index (χ2v) is 5.39. The first-order valence-electron chi connectivity index (χ1n) is 6.60. The Hall–Kier alpha value is -1.13. The molecule has 1 aromatic rings. The summed E-state index contributed by atoms with van der Waals surface area (Å²) in [4.78, 5) is 13.8. The van der Waals surface area contributed by atoms with Crippen molar-refractivity contribution in [2.24, 2.45) is 11.7 Å². The number of carbonyl (C=O) groups excluding carboxylic acids is 1. The fraction of sp³-hybridized carbons (Fsp3) is 0.533. The maximum Gasteiger partial charge on any atom is 0.253 e. The van der Waals surface area contributed by atoms with Crippen molar-refractivity contribution in [1.29, 1.82) is 0 Å². The van der Waals surface area contributed by atoms with Crippen LogP contribution >= 0.6 is 12.4 Å². The molecule has 1 aromatic carbocycles. The number of nitrogens with two attached hydrogens (primary N) is 1. The summed E-state index contributed by atoms with van der Waals surface area (Å²) < 4.78 is 13.2. The Labute approximate surface area is 126 Å². The number of hydrogen-bond acceptors (Lipinski definition) is 2. The van der Waals surface area contributed by atoms with E-state index in [4.69, 9.17) is 5.73 Å². The molecule has 1 atom stereocenters. The van der Waals surface area contributed by atoms with Crippen LogP contribution in [0.4, 0.5) is 4.39 Å². The first kappa shape index (κ1) is 18.9. The molecule has 3 nitrogen and oxygen atoms in total. The van der Waals surface area contributed by atoms with Crippen LogP contribution in [0.5, 0.6) is 0 Å². The van der Waals surface area contributed by atoms with Gasteiger partial charge < -0.3 is 10.6 Å². The first-order valence-corrected chi connectivity index (χ1v) is 6.60. The number of hydrogen-bond donors (Lipinski definition) is 1. The minimum atomic E-state index is -0.291. The summed E-state index contributed by atoms with van der Waals surface area (Å²) in [5.41, 5.74) is 6.96. The molecule has 0 bridgehead atoms. The van der Waals surface area contributed by atoms with Crippen molar-refractivity contribution in [3.63, 3.8) is 0 Å². The minimum absolute atomic E-state index is 0. The predicted octanol–water partition coefficient (Wildman–Crippen LogP) is 3.00. The van der Waals surface area contributed by atoms with E-state index in [9.17, 15) is 9.18 Å². The van der Waals surface area contributed by atoms with Gasteiger partial charge in [0.2, 0.25) is 0 Å². The molecule has 1 unspecified atom stereocenters. The smallest absolute Gasteiger partial charge is 0.253 e. The zero-order valence-corrected chi connectivity index (χ0v) is 13.3. The molecule has 20 heavy (non-hydrogen) atoms. The largest absolute Gasteiger partial charge is 0.342 e. The van der Waals surface area contributed by atoms with Gasteiger partial charge in [-0.1, -0.05) is 13.8 Å². The molecule has 0 fully saturated rings. The van der Waals surface area contributed by atoms with E-state index in [1.165, 1.54) is 12.1 Å². The molecular weight excluding hydrogens is 279 g/mol. The Morgan fingerprint density at radius 2 is 2.00 bits per heavy atom. The molecule has 0 saturated heterocycles. The highest BCUT2D eigenvalue weighted by Crippen LogP contribution is 2.12. The molecule has 0 aliphatic carbocycles. The average molecular weight is 303 g/mol. The van der Waals surface area contributed by atoms with Crippen molar-refractivity contribution in [1.82, 2.24) is 4.90 Å². The number of amides is 1. The van der Waals surface area contributed by atoms with Crippen molar-refractivity contribution >= 4 is 18.3 Å². The molecule has 0 spiro atoms. The van der Waals surface area contributed by atoms with E-state index in [-0.39, 0.29) is 30.2 Å². The van der Waals surface area contributed by atoms with Gasteiger partial charge in [0, 0.05) is 25.2 Å². The number of aryl methyl sites for hydroxylation is 1. The molecule has 1 amide bonds. The second kappa shape index (κ2) is 8.22. The zero-order chi connectivity index (χ0) is 14.6. The molecule has 0 heterocycles. The van der Waals surface area contributed by atoms with Gasteiger partial charge in [-0.05, 0) is 43.0 Å². The molecule has 114 valence electrons. The van der Waals surface area contributed by atoms with Crippen LogP contribution in [0, 0.1) is 18.7 Å².